The first kappa shape index (κ1) is 10.9. The van der Waals surface area contributed by atoms with Gasteiger partial charge in [0.05, 0.1) is 0 Å². The monoisotopic (exact) mass is 178 g/mol. The molecule has 0 amide bonds. The van der Waals surface area contributed by atoms with E-state index in [1.165, 1.54) is 0 Å². The third-order valence-corrected chi connectivity index (χ3v) is 1.27. The fourth-order valence-corrected chi connectivity index (χ4v) is 0.708. The number of carboxylic acids is 2. The molecule has 0 spiro atoms. The predicted octanol–water partition coefficient (Wildman–Crippen LogP) is -0.814. The topological polar surface area (TPSA) is 93.1 Å². The van der Waals surface area contributed by atoms with Gasteiger partial charge in [-0.3, -0.25) is 0 Å². The van der Waals surface area contributed by atoms with Gasteiger partial charge in [0, 0.05) is 14.2 Å². The minimum absolute atomic E-state index is 1.10. The molecule has 6 heteroatoms. The van der Waals surface area contributed by atoms with Gasteiger partial charge in [-0.2, -0.15) is 0 Å². The molecule has 2 atom stereocenters. The summed E-state index contributed by atoms with van der Waals surface area (Å²) in [6.07, 6.45) is -2.96. The Labute approximate surface area is 68.7 Å². The molecule has 0 unspecified atom stereocenters. The lowest BCUT2D eigenvalue weighted by Gasteiger charge is -2.16. The van der Waals surface area contributed by atoms with Crippen LogP contribution in [0.4, 0.5) is 0 Å². The van der Waals surface area contributed by atoms with E-state index < -0.39 is 24.1 Å². The molecule has 0 saturated carbocycles. The Hall–Kier alpha value is -1.14. The second kappa shape index (κ2) is 4.68. The average molecular weight is 178 g/mol. The summed E-state index contributed by atoms with van der Waals surface area (Å²) < 4.78 is 8.84. The van der Waals surface area contributed by atoms with Crippen LogP contribution in [-0.4, -0.2) is 48.6 Å². The molecule has 0 rings (SSSR count). The van der Waals surface area contributed by atoms with Crippen molar-refractivity contribution in [1.29, 1.82) is 0 Å². The van der Waals surface area contributed by atoms with E-state index in [2.05, 4.69) is 9.47 Å². The van der Waals surface area contributed by atoms with E-state index in [0.29, 0.717) is 0 Å². The highest BCUT2D eigenvalue weighted by Gasteiger charge is 2.33. The van der Waals surface area contributed by atoms with Crippen LogP contribution in [0.1, 0.15) is 0 Å². The molecular weight excluding hydrogens is 168 g/mol. The molecule has 0 saturated heterocycles. The second-order valence-corrected chi connectivity index (χ2v) is 1.99. The zero-order valence-corrected chi connectivity index (χ0v) is 6.68. The van der Waals surface area contributed by atoms with Crippen LogP contribution in [0.25, 0.3) is 0 Å². The first-order chi connectivity index (χ1) is 5.54. The smallest absolute Gasteiger partial charge is 0.336 e. The van der Waals surface area contributed by atoms with Crippen LogP contribution < -0.4 is 0 Å². The van der Waals surface area contributed by atoms with Crippen LogP contribution in [0.2, 0.25) is 0 Å². The van der Waals surface area contributed by atoms with Crippen LogP contribution in [0, 0.1) is 0 Å². The van der Waals surface area contributed by atoms with Crippen molar-refractivity contribution < 1.29 is 29.3 Å². The average Bonchev–Trinajstić information content (AvgIpc) is 1.98. The van der Waals surface area contributed by atoms with Crippen LogP contribution in [0.3, 0.4) is 0 Å². The number of hydrogen-bond acceptors (Lipinski definition) is 4. The Morgan fingerprint density at radius 1 is 1.00 bits per heavy atom. The number of rotatable bonds is 5. The highest BCUT2D eigenvalue weighted by Crippen LogP contribution is 2.02. The Balaban J connectivity index is 4.44. The standard InChI is InChI=1S/C6H10O6/c1-11-3(5(7)8)4(12-2)6(9)10/h3-4H,1-2H3,(H,7,8)(H,9,10)/t3-,4-/m0/s1. The normalized spacial score (nSPS) is 15.2. The Bertz CT molecular complexity index is 157. The zero-order chi connectivity index (χ0) is 9.72. The SMILES string of the molecule is CO[C@H](C(=O)O)[C@H](OC)C(=O)O. The second-order valence-electron chi connectivity index (χ2n) is 1.99. The summed E-state index contributed by atoms with van der Waals surface area (Å²) in [4.78, 5) is 20.7. The van der Waals surface area contributed by atoms with Crippen molar-refractivity contribution in [3.8, 4) is 0 Å². The number of hydrogen-bond donors (Lipinski definition) is 2. The lowest BCUT2D eigenvalue weighted by Crippen LogP contribution is -2.42. The van der Waals surface area contributed by atoms with E-state index in [1.54, 1.807) is 0 Å². The van der Waals surface area contributed by atoms with E-state index in [-0.39, 0.29) is 0 Å². The molecule has 12 heavy (non-hydrogen) atoms. The lowest BCUT2D eigenvalue weighted by atomic mass is 10.2. The summed E-state index contributed by atoms with van der Waals surface area (Å²) in [5.74, 6) is -2.74. The number of carbonyl (C=O) groups is 2. The van der Waals surface area contributed by atoms with Gasteiger partial charge >= 0.3 is 11.9 Å². The van der Waals surface area contributed by atoms with E-state index in [1.807, 2.05) is 0 Å². The molecule has 0 aliphatic carbocycles. The van der Waals surface area contributed by atoms with Gasteiger partial charge in [-0.05, 0) is 0 Å². The van der Waals surface area contributed by atoms with Gasteiger partial charge in [-0.25, -0.2) is 9.59 Å². The van der Waals surface area contributed by atoms with Crippen LogP contribution in [-0.2, 0) is 19.1 Å². The Kier molecular flexibility index (Phi) is 4.24. The van der Waals surface area contributed by atoms with Gasteiger partial charge in [0.2, 0.25) is 0 Å². The number of methoxy groups -OCH3 is 2. The summed E-state index contributed by atoms with van der Waals surface area (Å²) in [7, 11) is 2.21. The lowest BCUT2D eigenvalue weighted by molar-refractivity contribution is -0.171. The van der Waals surface area contributed by atoms with Crippen molar-refractivity contribution in [2.45, 2.75) is 12.2 Å². The molecule has 2 N–H and O–H groups in total. The maximum absolute atomic E-state index is 10.4. The van der Waals surface area contributed by atoms with Crippen molar-refractivity contribution in [3.05, 3.63) is 0 Å². The zero-order valence-electron chi connectivity index (χ0n) is 6.68. The van der Waals surface area contributed by atoms with Crippen LogP contribution in [0.5, 0.6) is 0 Å². The molecule has 0 aromatic carbocycles. The number of ether oxygens (including phenoxy) is 2. The molecule has 0 heterocycles. The van der Waals surface area contributed by atoms with Gasteiger partial charge in [-0.1, -0.05) is 0 Å². The van der Waals surface area contributed by atoms with Crippen molar-refractivity contribution in [3.63, 3.8) is 0 Å². The summed E-state index contributed by atoms with van der Waals surface area (Å²) in [5, 5.41) is 16.9. The van der Waals surface area contributed by atoms with Gasteiger partial charge in [0.1, 0.15) is 0 Å². The van der Waals surface area contributed by atoms with E-state index in [4.69, 9.17) is 10.2 Å². The van der Waals surface area contributed by atoms with Crippen LogP contribution >= 0.6 is 0 Å². The molecule has 0 aromatic rings. The van der Waals surface area contributed by atoms with Gasteiger partial charge < -0.3 is 19.7 Å². The highest BCUT2D eigenvalue weighted by molar-refractivity contribution is 5.83. The minimum atomic E-state index is -1.48. The van der Waals surface area contributed by atoms with E-state index in [9.17, 15) is 9.59 Å². The van der Waals surface area contributed by atoms with Crippen LogP contribution in [0.15, 0.2) is 0 Å². The first-order valence-corrected chi connectivity index (χ1v) is 3.05. The van der Waals surface area contributed by atoms with Gasteiger partial charge in [0.25, 0.3) is 0 Å². The minimum Gasteiger partial charge on any atom is -0.479 e. The fourth-order valence-electron chi connectivity index (χ4n) is 0.708. The third kappa shape index (κ3) is 2.48. The summed E-state index contributed by atoms with van der Waals surface area (Å²) in [6.45, 7) is 0. The molecule has 0 aliphatic heterocycles. The molecule has 0 radical (unpaired) electrons. The molecule has 0 bridgehead atoms. The maximum atomic E-state index is 10.4. The summed E-state index contributed by atoms with van der Waals surface area (Å²) >= 11 is 0. The largest absolute Gasteiger partial charge is 0.479 e. The summed E-state index contributed by atoms with van der Waals surface area (Å²) in [6, 6.07) is 0. The molecular formula is C6H10O6. The first-order valence-electron chi connectivity index (χ1n) is 3.05. The van der Waals surface area contributed by atoms with Crippen molar-refractivity contribution in [1.82, 2.24) is 0 Å². The molecule has 0 aliphatic rings. The van der Waals surface area contributed by atoms with Crippen molar-refractivity contribution >= 4 is 11.9 Å². The van der Waals surface area contributed by atoms with Gasteiger partial charge in [0.15, 0.2) is 12.2 Å². The maximum Gasteiger partial charge on any atom is 0.336 e. The number of aliphatic carboxylic acids is 2. The number of carboxylic acid groups (broad SMARTS) is 2. The predicted molar refractivity (Wildman–Crippen MR) is 36.9 cm³/mol. The fraction of sp³-hybridized carbons (Fsp3) is 0.667. The van der Waals surface area contributed by atoms with E-state index >= 15 is 0 Å². The Morgan fingerprint density at radius 2 is 1.25 bits per heavy atom. The Morgan fingerprint density at radius 3 is 1.33 bits per heavy atom. The quantitative estimate of drug-likeness (QED) is 0.571. The third-order valence-electron chi connectivity index (χ3n) is 1.27. The molecule has 0 fully saturated rings. The van der Waals surface area contributed by atoms with E-state index in [0.717, 1.165) is 14.2 Å². The summed E-state index contributed by atoms with van der Waals surface area (Å²) in [5.41, 5.74) is 0. The van der Waals surface area contributed by atoms with Crippen molar-refractivity contribution in [2.75, 3.05) is 14.2 Å². The van der Waals surface area contributed by atoms with Gasteiger partial charge in [-0.15, -0.1) is 0 Å². The molecule has 0 aromatic heterocycles. The molecule has 6 nitrogen and oxygen atoms in total. The van der Waals surface area contributed by atoms with Crippen molar-refractivity contribution in [2.24, 2.45) is 0 Å². The molecule has 70 valence electrons. The highest BCUT2D eigenvalue weighted by atomic mass is 16.6.